The van der Waals surface area contributed by atoms with Crippen LogP contribution in [0.15, 0.2) is 48.5 Å². The van der Waals surface area contributed by atoms with Gasteiger partial charge in [0.1, 0.15) is 0 Å². The molecule has 0 spiro atoms. The zero-order valence-electron chi connectivity index (χ0n) is 29.3. The summed E-state index contributed by atoms with van der Waals surface area (Å²) in [5.74, 6) is -1.72. The first-order chi connectivity index (χ1) is 22.2. The van der Waals surface area contributed by atoms with Gasteiger partial charge < -0.3 is 10.2 Å². The molecule has 0 aliphatic rings. The fraction of sp³-hybridized carbons (Fsp3) is 0.600. The summed E-state index contributed by atoms with van der Waals surface area (Å²) < 4.78 is 0. The highest BCUT2D eigenvalue weighted by atomic mass is 16.4. The molecule has 0 aliphatic carbocycles. The van der Waals surface area contributed by atoms with Crippen LogP contribution >= 0.6 is 0 Å². The van der Waals surface area contributed by atoms with Crippen molar-refractivity contribution in [2.75, 3.05) is 0 Å². The molecule has 0 saturated heterocycles. The molecule has 0 bridgehead atoms. The van der Waals surface area contributed by atoms with Crippen molar-refractivity contribution in [1.29, 1.82) is 0 Å². The first-order valence-electron chi connectivity index (χ1n) is 17.9. The topological polar surface area (TPSA) is 109 Å². The molecule has 6 heteroatoms. The second kappa shape index (κ2) is 29.1. The second-order valence-corrected chi connectivity index (χ2v) is 12.1. The SMILES string of the molecule is CCCCCCCC.CCCCCCCCC(=O)c1ccc(C(=O)CCCCCCCC)cc1.O=C(O)c1ccc(C(=O)O)cc1. The van der Waals surface area contributed by atoms with Gasteiger partial charge in [-0.05, 0) is 37.1 Å². The molecule has 258 valence electrons. The van der Waals surface area contributed by atoms with Gasteiger partial charge in [-0.15, -0.1) is 0 Å². The highest BCUT2D eigenvalue weighted by Crippen LogP contribution is 2.15. The number of hydrogen-bond donors (Lipinski definition) is 2. The van der Waals surface area contributed by atoms with Crippen LogP contribution in [0.2, 0.25) is 0 Å². The molecule has 2 aromatic carbocycles. The molecular weight excluding hydrogens is 576 g/mol. The number of Topliss-reactive ketones (excluding diaryl/α,β-unsaturated/α-hetero) is 2. The number of hydrogen-bond acceptors (Lipinski definition) is 4. The lowest BCUT2D eigenvalue weighted by atomic mass is 9.99. The quantitative estimate of drug-likeness (QED) is 0.0926. The second-order valence-electron chi connectivity index (χ2n) is 12.1. The van der Waals surface area contributed by atoms with Gasteiger partial charge in [0.05, 0.1) is 11.1 Å². The molecule has 0 heterocycles. The van der Waals surface area contributed by atoms with Crippen LogP contribution in [0.3, 0.4) is 0 Å². The maximum atomic E-state index is 12.2. The molecular formula is C40H62O6. The van der Waals surface area contributed by atoms with Crippen LogP contribution in [-0.4, -0.2) is 33.7 Å². The Balaban J connectivity index is 0.000000827. The van der Waals surface area contributed by atoms with E-state index < -0.39 is 11.9 Å². The van der Waals surface area contributed by atoms with Gasteiger partial charge in [0.2, 0.25) is 0 Å². The average Bonchev–Trinajstić information content (AvgIpc) is 3.07. The van der Waals surface area contributed by atoms with Gasteiger partial charge in [-0.25, -0.2) is 9.59 Å². The minimum absolute atomic E-state index is 0.0833. The summed E-state index contributed by atoms with van der Waals surface area (Å²) >= 11 is 0. The summed E-state index contributed by atoms with van der Waals surface area (Å²) in [5.41, 5.74) is 1.66. The van der Waals surface area contributed by atoms with Crippen LogP contribution in [0.1, 0.15) is 198 Å². The standard InChI is InChI=1S/C24H38O2.C8H6O4.C8H18/c1-3-5-7-9-11-13-15-23(25)21-17-19-22(20-18-21)24(26)16-14-12-10-8-6-4-2;9-7(10)5-1-2-6(4-3-5)8(11)12;1-3-5-7-8-6-4-2/h17-20H,3-16H2,1-2H3;1-4H,(H,9,10)(H,11,12);3-8H2,1-2H3. The highest BCUT2D eigenvalue weighted by Gasteiger charge is 2.09. The Hall–Kier alpha value is -3.28. The van der Waals surface area contributed by atoms with Gasteiger partial charge in [-0.1, -0.05) is 155 Å². The van der Waals surface area contributed by atoms with E-state index in [2.05, 4.69) is 27.7 Å². The molecule has 2 aromatic rings. The third-order valence-corrected chi connectivity index (χ3v) is 7.88. The molecule has 0 unspecified atom stereocenters. The number of rotatable bonds is 23. The Morgan fingerprint density at radius 1 is 0.370 bits per heavy atom. The lowest BCUT2D eigenvalue weighted by molar-refractivity contribution is 0.0681. The van der Waals surface area contributed by atoms with Gasteiger partial charge in [0.15, 0.2) is 11.6 Å². The minimum Gasteiger partial charge on any atom is -0.478 e. The Morgan fingerprint density at radius 3 is 0.826 bits per heavy atom. The normalized spacial score (nSPS) is 10.3. The molecule has 0 amide bonds. The van der Waals surface area contributed by atoms with Crippen LogP contribution in [-0.2, 0) is 0 Å². The molecule has 0 saturated carbocycles. The summed E-state index contributed by atoms with van der Waals surface area (Å²) in [6.45, 7) is 8.94. The molecule has 2 rings (SSSR count). The van der Waals surface area contributed by atoms with Crippen LogP contribution in [0.5, 0.6) is 0 Å². The molecule has 0 aromatic heterocycles. The van der Waals surface area contributed by atoms with Crippen molar-refractivity contribution in [1.82, 2.24) is 0 Å². The van der Waals surface area contributed by atoms with Gasteiger partial charge in [0.25, 0.3) is 0 Å². The first-order valence-corrected chi connectivity index (χ1v) is 17.9. The summed E-state index contributed by atoms with van der Waals surface area (Å²) in [5, 5.41) is 16.9. The smallest absolute Gasteiger partial charge is 0.335 e. The Morgan fingerprint density at radius 2 is 0.587 bits per heavy atom. The third-order valence-electron chi connectivity index (χ3n) is 7.88. The van der Waals surface area contributed by atoms with Crippen molar-refractivity contribution in [2.24, 2.45) is 0 Å². The molecule has 0 atom stereocenters. The largest absolute Gasteiger partial charge is 0.478 e. The van der Waals surface area contributed by atoms with E-state index in [1.165, 1.54) is 114 Å². The van der Waals surface area contributed by atoms with Crippen LogP contribution in [0.25, 0.3) is 0 Å². The summed E-state index contributed by atoms with van der Waals surface area (Å²) in [4.78, 5) is 45.1. The predicted octanol–water partition coefficient (Wildman–Crippen LogP) is 12.0. The number of unbranched alkanes of at least 4 members (excludes halogenated alkanes) is 15. The number of carbonyl (C=O) groups excluding carboxylic acids is 2. The zero-order valence-corrected chi connectivity index (χ0v) is 29.3. The van der Waals surface area contributed by atoms with Crippen molar-refractivity contribution >= 4 is 23.5 Å². The Bertz CT molecular complexity index is 986. The molecule has 2 N–H and O–H groups in total. The molecule has 0 radical (unpaired) electrons. The summed E-state index contributed by atoms with van der Waals surface area (Å²) in [6.07, 6.45) is 24.1. The van der Waals surface area contributed by atoms with Crippen LogP contribution < -0.4 is 0 Å². The molecule has 6 nitrogen and oxygen atoms in total. The number of carboxylic acid groups (broad SMARTS) is 2. The molecule has 0 aliphatic heterocycles. The van der Waals surface area contributed by atoms with Crippen molar-refractivity contribution in [3.8, 4) is 0 Å². The maximum absolute atomic E-state index is 12.2. The van der Waals surface area contributed by atoms with Gasteiger partial charge in [-0.2, -0.15) is 0 Å². The Kier molecular flexibility index (Phi) is 27.1. The van der Waals surface area contributed by atoms with Crippen LogP contribution in [0, 0.1) is 0 Å². The van der Waals surface area contributed by atoms with E-state index >= 15 is 0 Å². The number of carbonyl (C=O) groups is 4. The Labute approximate surface area is 279 Å². The van der Waals surface area contributed by atoms with Crippen molar-refractivity contribution in [3.05, 3.63) is 70.8 Å². The average molecular weight is 639 g/mol. The summed E-state index contributed by atoms with van der Waals surface area (Å²) in [7, 11) is 0. The van der Waals surface area contributed by atoms with E-state index in [1.54, 1.807) is 0 Å². The number of ketones is 2. The molecule has 46 heavy (non-hydrogen) atoms. The zero-order chi connectivity index (χ0) is 34.4. The fourth-order valence-electron chi connectivity index (χ4n) is 4.87. The lowest BCUT2D eigenvalue weighted by Crippen LogP contribution is -2.02. The predicted molar refractivity (Wildman–Crippen MR) is 190 cm³/mol. The number of carboxylic acids is 2. The number of benzene rings is 2. The van der Waals surface area contributed by atoms with Gasteiger partial charge in [-0.3, -0.25) is 9.59 Å². The van der Waals surface area contributed by atoms with E-state index in [9.17, 15) is 19.2 Å². The van der Waals surface area contributed by atoms with Crippen molar-refractivity contribution in [3.63, 3.8) is 0 Å². The van der Waals surface area contributed by atoms with Crippen molar-refractivity contribution < 1.29 is 29.4 Å². The minimum atomic E-state index is -1.06. The van der Waals surface area contributed by atoms with E-state index in [0.717, 1.165) is 36.8 Å². The first kappa shape index (κ1) is 42.7. The van der Waals surface area contributed by atoms with E-state index in [-0.39, 0.29) is 22.7 Å². The van der Waals surface area contributed by atoms with E-state index in [1.807, 2.05) is 24.3 Å². The number of aromatic carboxylic acids is 2. The lowest BCUT2D eigenvalue weighted by Gasteiger charge is -2.05. The summed E-state index contributed by atoms with van der Waals surface area (Å²) in [6, 6.07) is 12.3. The van der Waals surface area contributed by atoms with Crippen LogP contribution in [0.4, 0.5) is 0 Å². The molecule has 0 fully saturated rings. The fourth-order valence-corrected chi connectivity index (χ4v) is 4.87. The maximum Gasteiger partial charge on any atom is 0.335 e. The highest BCUT2D eigenvalue weighted by molar-refractivity contribution is 5.99. The van der Waals surface area contributed by atoms with Crippen molar-refractivity contribution in [2.45, 2.75) is 156 Å². The monoisotopic (exact) mass is 638 g/mol. The van der Waals surface area contributed by atoms with Gasteiger partial charge in [0, 0.05) is 24.0 Å². The van der Waals surface area contributed by atoms with Gasteiger partial charge >= 0.3 is 11.9 Å². The van der Waals surface area contributed by atoms with E-state index in [4.69, 9.17) is 10.2 Å². The third kappa shape index (κ3) is 22.3. The van der Waals surface area contributed by atoms with E-state index in [0.29, 0.717) is 12.8 Å².